The van der Waals surface area contributed by atoms with Crippen LogP contribution in [0.25, 0.3) is 0 Å². The minimum atomic E-state index is -0.430. The first-order chi connectivity index (χ1) is 16.8. The van der Waals surface area contributed by atoms with Crippen molar-refractivity contribution in [3.8, 4) is 0 Å². The van der Waals surface area contributed by atoms with Crippen LogP contribution in [0.2, 0.25) is 0 Å². The van der Waals surface area contributed by atoms with Crippen LogP contribution in [0.15, 0.2) is 30.5 Å². The first-order valence-electron chi connectivity index (χ1n) is 11.3. The number of nitro groups is 1. The molecule has 12 heteroatoms. The highest BCUT2D eigenvalue weighted by Gasteiger charge is 2.26. The maximum atomic E-state index is 13.1. The molecule has 3 heterocycles. The zero-order valence-electron chi connectivity index (χ0n) is 19.9. The number of ether oxygens (including phenoxy) is 1. The van der Waals surface area contributed by atoms with E-state index in [0.29, 0.717) is 67.7 Å². The van der Waals surface area contributed by atoms with Crippen molar-refractivity contribution >= 4 is 23.2 Å². The number of amides is 2. The second kappa shape index (κ2) is 10.1. The van der Waals surface area contributed by atoms with Gasteiger partial charge in [-0.3, -0.25) is 29.1 Å². The molecule has 0 atom stereocenters. The Hall–Kier alpha value is -4.06. The lowest BCUT2D eigenvalue weighted by atomic mass is 10.1. The van der Waals surface area contributed by atoms with Crippen LogP contribution < -0.4 is 5.32 Å². The summed E-state index contributed by atoms with van der Waals surface area (Å²) in [7, 11) is 0. The van der Waals surface area contributed by atoms with Gasteiger partial charge in [-0.25, -0.2) is 0 Å². The Morgan fingerprint density at radius 2 is 1.83 bits per heavy atom. The van der Waals surface area contributed by atoms with Crippen LogP contribution >= 0.6 is 0 Å². The highest BCUT2D eigenvalue weighted by molar-refractivity contribution is 6.08. The fourth-order valence-electron chi connectivity index (χ4n) is 4.09. The Morgan fingerprint density at radius 1 is 1.14 bits per heavy atom. The Kier molecular flexibility index (Phi) is 6.92. The molecule has 1 aliphatic rings. The molecule has 1 fully saturated rings. The Balaban J connectivity index is 1.49. The van der Waals surface area contributed by atoms with Crippen molar-refractivity contribution < 1.29 is 19.2 Å². The fourth-order valence-corrected chi connectivity index (χ4v) is 4.09. The van der Waals surface area contributed by atoms with E-state index in [4.69, 9.17) is 4.74 Å². The number of carbonyl (C=O) groups excluding carboxylic acids is 2. The van der Waals surface area contributed by atoms with E-state index in [1.165, 1.54) is 6.20 Å². The summed E-state index contributed by atoms with van der Waals surface area (Å²) in [6, 6.07) is 6.87. The molecule has 35 heavy (non-hydrogen) atoms. The van der Waals surface area contributed by atoms with E-state index in [1.54, 1.807) is 52.4 Å². The number of hydrogen-bond acceptors (Lipinski definition) is 7. The van der Waals surface area contributed by atoms with Gasteiger partial charge >= 0.3 is 5.69 Å². The quantitative estimate of drug-likeness (QED) is 0.404. The van der Waals surface area contributed by atoms with Gasteiger partial charge in [0.1, 0.15) is 17.1 Å². The summed E-state index contributed by atoms with van der Waals surface area (Å²) >= 11 is 0. The standard InChI is InChI=1S/C23H27N7O5/c1-4-28-21(23(32)27-9-11-35-12-10-27)19(13-24-28)25-22(31)18-7-5-17(6-8-18)14-29-16(3)20(30(33)34)15(2)26-29/h5-8,13H,4,9-12,14H2,1-3H3,(H,25,31). The number of aromatic nitrogens is 4. The molecule has 3 aromatic rings. The maximum Gasteiger partial charge on any atom is 0.312 e. The molecular formula is C23H27N7O5. The maximum absolute atomic E-state index is 13.1. The predicted octanol–water partition coefficient (Wildman–Crippen LogP) is 2.40. The summed E-state index contributed by atoms with van der Waals surface area (Å²) in [5.41, 5.74) is 2.78. The van der Waals surface area contributed by atoms with Crippen molar-refractivity contribution in [2.45, 2.75) is 33.9 Å². The van der Waals surface area contributed by atoms with Crippen LogP contribution in [-0.2, 0) is 17.8 Å². The highest BCUT2D eigenvalue weighted by atomic mass is 16.6. The fraction of sp³-hybridized carbons (Fsp3) is 0.391. The smallest absolute Gasteiger partial charge is 0.312 e. The summed E-state index contributed by atoms with van der Waals surface area (Å²) in [6.07, 6.45) is 1.49. The molecule has 1 aromatic carbocycles. The van der Waals surface area contributed by atoms with Crippen LogP contribution in [-0.4, -0.2) is 67.5 Å². The second-order valence-corrected chi connectivity index (χ2v) is 8.21. The van der Waals surface area contributed by atoms with E-state index in [9.17, 15) is 19.7 Å². The lowest BCUT2D eigenvalue weighted by Gasteiger charge is -2.27. The van der Waals surface area contributed by atoms with Crippen molar-refractivity contribution in [1.82, 2.24) is 24.5 Å². The number of carbonyl (C=O) groups is 2. The molecule has 0 unspecified atom stereocenters. The third-order valence-electron chi connectivity index (χ3n) is 5.96. The van der Waals surface area contributed by atoms with Crippen LogP contribution in [0.1, 0.15) is 44.7 Å². The minimum absolute atomic E-state index is 0.0102. The van der Waals surface area contributed by atoms with Crippen molar-refractivity contribution in [3.63, 3.8) is 0 Å². The minimum Gasteiger partial charge on any atom is -0.378 e. The second-order valence-electron chi connectivity index (χ2n) is 8.21. The zero-order valence-corrected chi connectivity index (χ0v) is 19.9. The number of nitrogens with one attached hydrogen (secondary N) is 1. The molecule has 1 N–H and O–H groups in total. The summed E-state index contributed by atoms with van der Waals surface area (Å²) in [6.45, 7) is 7.90. The molecule has 184 valence electrons. The van der Waals surface area contributed by atoms with Gasteiger partial charge in [-0.2, -0.15) is 10.2 Å². The van der Waals surface area contributed by atoms with Gasteiger partial charge in [-0.1, -0.05) is 12.1 Å². The summed E-state index contributed by atoms with van der Waals surface area (Å²) in [4.78, 5) is 38.5. The van der Waals surface area contributed by atoms with Gasteiger partial charge in [-0.15, -0.1) is 0 Å². The Morgan fingerprint density at radius 3 is 2.43 bits per heavy atom. The van der Waals surface area contributed by atoms with Crippen LogP contribution in [0.5, 0.6) is 0 Å². The molecule has 0 spiro atoms. The van der Waals surface area contributed by atoms with Crippen molar-refractivity contribution in [1.29, 1.82) is 0 Å². The summed E-state index contributed by atoms with van der Waals surface area (Å²) in [5.74, 6) is -0.567. The van der Waals surface area contributed by atoms with E-state index in [0.717, 1.165) is 5.56 Å². The lowest BCUT2D eigenvalue weighted by molar-refractivity contribution is -0.386. The highest BCUT2D eigenvalue weighted by Crippen LogP contribution is 2.23. The van der Waals surface area contributed by atoms with E-state index in [2.05, 4.69) is 15.5 Å². The third-order valence-corrected chi connectivity index (χ3v) is 5.96. The number of rotatable bonds is 7. The average molecular weight is 482 g/mol. The van der Waals surface area contributed by atoms with E-state index < -0.39 is 4.92 Å². The summed E-state index contributed by atoms with van der Waals surface area (Å²) in [5, 5.41) is 22.5. The first kappa shape index (κ1) is 24.1. The number of anilines is 1. The lowest BCUT2D eigenvalue weighted by Crippen LogP contribution is -2.41. The average Bonchev–Trinajstić information content (AvgIpc) is 3.38. The van der Waals surface area contributed by atoms with Gasteiger partial charge in [0.2, 0.25) is 0 Å². The molecule has 12 nitrogen and oxygen atoms in total. The molecule has 0 aliphatic carbocycles. The molecule has 2 amide bonds. The Bertz CT molecular complexity index is 1260. The van der Waals surface area contributed by atoms with Gasteiger partial charge < -0.3 is 15.0 Å². The number of hydrogen-bond donors (Lipinski definition) is 1. The van der Waals surface area contributed by atoms with E-state index in [-0.39, 0.29) is 17.5 Å². The van der Waals surface area contributed by atoms with Crippen LogP contribution in [0, 0.1) is 24.0 Å². The molecule has 0 saturated carbocycles. The number of benzene rings is 1. The molecule has 2 aromatic heterocycles. The molecule has 1 aliphatic heterocycles. The van der Waals surface area contributed by atoms with Gasteiger partial charge in [0.15, 0.2) is 0 Å². The monoisotopic (exact) mass is 481 g/mol. The van der Waals surface area contributed by atoms with E-state index >= 15 is 0 Å². The molecular weight excluding hydrogens is 454 g/mol. The summed E-state index contributed by atoms with van der Waals surface area (Å²) < 4.78 is 8.47. The normalized spacial score (nSPS) is 13.6. The zero-order chi connectivity index (χ0) is 25.1. The van der Waals surface area contributed by atoms with Crippen molar-refractivity contribution in [2.24, 2.45) is 0 Å². The number of nitrogens with zero attached hydrogens (tertiary/aromatic N) is 6. The van der Waals surface area contributed by atoms with Gasteiger partial charge in [-0.05, 0) is 38.5 Å². The molecule has 0 bridgehead atoms. The third kappa shape index (κ3) is 4.92. The first-order valence-corrected chi connectivity index (χ1v) is 11.3. The van der Waals surface area contributed by atoms with Crippen molar-refractivity contribution in [2.75, 3.05) is 31.6 Å². The van der Waals surface area contributed by atoms with Crippen molar-refractivity contribution in [3.05, 3.63) is 68.8 Å². The van der Waals surface area contributed by atoms with Gasteiger partial charge in [0.05, 0.1) is 36.6 Å². The molecule has 4 rings (SSSR count). The topological polar surface area (TPSA) is 137 Å². The molecule has 0 radical (unpaired) electrons. The Labute approximate surface area is 201 Å². The predicted molar refractivity (Wildman–Crippen MR) is 126 cm³/mol. The number of morpholine rings is 1. The van der Waals surface area contributed by atoms with Crippen LogP contribution in [0.4, 0.5) is 11.4 Å². The van der Waals surface area contributed by atoms with Crippen LogP contribution in [0.3, 0.4) is 0 Å². The van der Waals surface area contributed by atoms with Gasteiger partial charge in [0.25, 0.3) is 11.8 Å². The largest absolute Gasteiger partial charge is 0.378 e. The number of aryl methyl sites for hydroxylation is 2. The van der Waals surface area contributed by atoms with E-state index in [1.807, 2.05) is 6.92 Å². The molecule has 1 saturated heterocycles. The van der Waals surface area contributed by atoms with Gasteiger partial charge in [0, 0.05) is 25.2 Å². The SMILES string of the molecule is CCn1ncc(NC(=O)c2ccc(Cn3nc(C)c([N+](=O)[O-])c3C)cc2)c1C(=O)N1CCOCC1.